The average Bonchev–Trinajstić information content (AvgIpc) is 1.81. The summed E-state index contributed by atoms with van der Waals surface area (Å²) in [5, 5.41) is -5.88. The van der Waals surface area contributed by atoms with Gasteiger partial charge in [-0.05, 0) is 0 Å². The Balaban J connectivity index is 5.09. The molecule has 0 spiro atoms. The van der Waals surface area contributed by atoms with Crippen molar-refractivity contribution in [3.05, 3.63) is 0 Å². The van der Waals surface area contributed by atoms with Crippen molar-refractivity contribution in [2.45, 2.75) is 17.6 Å². The molecule has 0 aliphatic carbocycles. The van der Waals surface area contributed by atoms with Crippen LogP contribution in [0, 0.1) is 0 Å². The predicted octanol–water partition coefficient (Wildman–Crippen LogP) is 1.37. The standard InChI is InChI=1S/C3H2F6O3S/c4-1(2(5,6)7)3(8,9)13(10,11)12/h1H,(H,10,11,12). The van der Waals surface area contributed by atoms with Gasteiger partial charge in [0, 0.05) is 0 Å². The second kappa shape index (κ2) is 3.01. The van der Waals surface area contributed by atoms with Crippen LogP contribution in [-0.4, -0.2) is 30.6 Å². The van der Waals surface area contributed by atoms with Crippen molar-refractivity contribution < 1.29 is 39.3 Å². The smallest absolute Gasteiger partial charge is 0.281 e. The first-order chi connectivity index (χ1) is 5.40. The summed E-state index contributed by atoms with van der Waals surface area (Å²) in [6.07, 6.45) is -11.0. The van der Waals surface area contributed by atoms with Gasteiger partial charge in [0.2, 0.25) is 0 Å². The Hall–Kier alpha value is -0.510. The second-order valence-corrected chi connectivity index (χ2v) is 3.44. The lowest BCUT2D eigenvalue weighted by molar-refractivity contribution is -0.223. The molecular weight excluding hydrogens is 230 g/mol. The zero-order valence-electron chi connectivity index (χ0n) is 5.52. The Morgan fingerprint density at radius 3 is 1.46 bits per heavy atom. The molecule has 80 valence electrons. The molecule has 1 unspecified atom stereocenters. The lowest BCUT2D eigenvalue weighted by atomic mass is 10.4. The molecule has 0 saturated heterocycles. The minimum atomic E-state index is -6.41. The first kappa shape index (κ1) is 12.5. The van der Waals surface area contributed by atoms with E-state index < -0.39 is 27.7 Å². The fraction of sp³-hybridized carbons (Fsp3) is 1.00. The third-order valence-corrected chi connectivity index (χ3v) is 1.82. The number of hydrogen-bond acceptors (Lipinski definition) is 2. The van der Waals surface area contributed by atoms with Gasteiger partial charge in [-0.25, -0.2) is 4.39 Å². The van der Waals surface area contributed by atoms with Crippen LogP contribution in [-0.2, 0) is 10.1 Å². The number of alkyl halides is 6. The third kappa shape index (κ3) is 2.46. The normalized spacial score (nSPS) is 17.2. The van der Waals surface area contributed by atoms with E-state index in [0.717, 1.165) is 0 Å². The van der Waals surface area contributed by atoms with Crippen LogP contribution >= 0.6 is 0 Å². The molecule has 0 aromatic carbocycles. The zero-order chi connectivity index (χ0) is 11.1. The number of rotatable bonds is 2. The van der Waals surface area contributed by atoms with E-state index in [4.69, 9.17) is 4.55 Å². The summed E-state index contributed by atoms with van der Waals surface area (Å²) < 4.78 is 96.1. The van der Waals surface area contributed by atoms with Crippen LogP contribution in [0.25, 0.3) is 0 Å². The molecule has 1 N–H and O–H groups in total. The molecule has 0 bridgehead atoms. The number of halogens is 6. The van der Waals surface area contributed by atoms with Gasteiger partial charge in [-0.15, -0.1) is 0 Å². The molecule has 13 heavy (non-hydrogen) atoms. The van der Waals surface area contributed by atoms with Crippen molar-refractivity contribution >= 4 is 10.1 Å². The molecule has 0 aromatic rings. The molecule has 1 atom stereocenters. The minimum Gasteiger partial charge on any atom is -0.281 e. The van der Waals surface area contributed by atoms with Crippen LogP contribution in [0.5, 0.6) is 0 Å². The van der Waals surface area contributed by atoms with Gasteiger partial charge in [-0.1, -0.05) is 0 Å². The summed E-state index contributed by atoms with van der Waals surface area (Å²) in [5.41, 5.74) is 0. The van der Waals surface area contributed by atoms with Crippen molar-refractivity contribution in [2.75, 3.05) is 0 Å². The van der Waals surface area contributed by atoms with E-state index in [2.05, 4.69) is 0 Å². The van der Waals surface area contributed by atoms with Crippen molar-refractivity contribution in [3.63, 3.8) is 0 Å². The lowest BCUT2D eigenvalue weighted by Gasteiger charge is -2.19. The van der Waals surface area contributed by atoms with E-state index >= 15 is 0 Å². The Morgan fingerprint density at radius 2 is 1.38 bits per heavy atom. The monoisotopic (exact) mass is 232 g/mol. The van der Waals surface area contributed by atoms with Crippen molar-refractivity contribution in [1.29, 1.82) is 0 Å². The number of hydrogen-bond donors (Lipinski definition) is 1. The third-order valence-electron chi connectivity index (χ3n) is 0.926. The highest BCUT2D eigenvalue weighted by atomic mass is 32.2. The zero-order valence-corrected chi connectivity index (χ0v) is 6.33. The molecule has 10 heteroatoms. The predicted molar refractivity (Wildman–Crippen MR) is 27.4 cm³/mol. The van der Waals surface area contributed by atoms with Crippen LogP contribution < -0.4 is 0 Å². The highest BCUT2D eigenvalue weighted by Crippen LogP contribution is 2.37. The highest BCUT2D eigenvalue weighted by molar-refractivity contribution is 7.86. The molecule has 0 saturated carbocycles. The van der Waals surface area contributed by atoms with E-state index in [9.17, 15) is 34.8 Å². The van der Waals surface area contributed by atoms with E-state index in [1.54, 1.807) is 0 Å². The van der Waals surface area contributed by atoms with E-state index in [1.165, 1.54) is 0 Å². The topological polar surface area (TPSA) is 54.4 Å². The van der Waals surface area contributed by atoms with Gasteiger partial charge in [0.1, 0.15) is 0 Å². The van der Waals surface area contributed by atoms with E-state index in [1.807, 2.05) is 0 Å². The highest BCUT2D eigenvalue weighted by Gasteiger charge is 2.64. The Morgan fingerprint density at radius 1 is 1.08 bits per heavy atom. The van der Waals surface area contributed by atoms with Crippen LogP contribution in [0.15, 0.2) is 0 Å². The molecule has 0 radical (unpaired) electrons. The molecule has 0 aromatic heterocycles. The van der Waals surface area contributed by atoms with Crippen LogP contribution in [0.1, 0.15) is 0 Å². The summed E-state index contributed by atoms with van der Waals surface area (Å²) in [5.74, 6) is 0. The molecule has 0 heterocycles. The van der Waals surface area contributed by atoms with Crippen molar-refractivity contribution in [3.8, 4) is 0 Å². The maximum atomic E-state index is 11.9. The van der Waals surface area contributed by atoms with Gasteiger partial charge in [-0.3, -0.25) is 4.55 Å². The van der Waals surface area contributed by atoms with Gasteiger partial charge < -0.3 is 0 Å². The largest absolute Gasteiger partial charge is 0.426 e. The maximum Gasteiger partial charge on any atom is 0.426 e. The van der Waals surface area contributed by atoms with Crippen molar-refractivity contribution in [1.82, 2.24) is 0 Å². The van der Waals surface area contributed by atoms with Gasteiger partial charge in [0.05, 0.1) is 0 Å². The summed E-state index contributed by atoms with van der Waals surface area (Å²) in [6.45, 7) is 0. The molecule has 3 nitrogen and oxygen atoms in total. The van der Waals surface area contributed by atoms with E-state index in [-0.39, 0.29) is 0 Å². The van der Waals surface area contributed by atoms with Crippen molar-refractivity contribution in [2.24, 2.45) is 0 Å². The summed E-state index contributed by atoms with van der Waals surface area (Å²) in [6, 6.07) is 0. The van der Waals surface area contributed by atoms with Gasteiger partial charge in [-0.2, -0.15) is 30.4 Å². The first-order valence-electron chi connectivity index (χ1n) is 2.46. The van der Waals surface area contributed by atoms with Gasteiger partial charge in [0.25, 0.3) is 6.17 Å². The minimum absolute atomic E-state index is 4.95. The van der Waals surface area contributed by atoms with Crippen LogP contribution in [0.4, 0.5) is 26.3 Å². The maximum absolute atomic E-state index is 11.9. The molecular formula is C3H2F6O3S. The molecule has 0 aliphatic rings. The Bertz CT molecular complexity index is 278. The average molecular weight is 232 g/mol. The molecule has 0 rings (SSSR count). The summed E-state index contributed by atoms with van der Waals surface area (Å²) in [4.78, 5) is 0. The van der Waals surface area contributed by atoms with Crippen LogP contribution in [0.3, 0.4) is 0 Å². The van der Waals surface area contributed by atoms with Gasteiger partial charge >= 0.3 is 21.5 Å². The molecule has 0 fully saturated rings. The SMILES string of the molecule is O=S(=O)(O)C(F)(F)C(F)C(F)(F)F. The summed E-state index contributed by atoms with van der Waals surface area (Å²) in [7, 11) is -6.41. The fourth-order valence-electron chi connectivity index (χ4n) is 0.321. The van der Waals surface area contributed by atoms with E-state index in [0.29, 0.717) is 0 Å². The quantitative estimate of drug-likeness (QED) is 0.577. The lowest BCUT2D eigenvalue weighted by Crippen LogP contribution is -2.46. The molecule has 0 amide bonds. The Kier molecular flexibility index (Phi) is 2.89. The first-order valence-corrected chi connectivity index (χ1v) is 3.90. The van der Waals surface area contributed by atoms with Crippen LogP contribution in [0.2, 0.25) is 0 Å². The summed E-state index contributed by atoms with van der Waals surface area (Å²) >= 11 is 0. The van der Waals surface area contributed by atoms with Gasteiger partial charge in [0.15, 0.2) is 0 Å². The fourth-order valence-corrected chi connectivity index (χ4v) is 0.716. The molecule has 0 aliphatic heterocycles. The Labute approximate surface area is 68.1 Å². The second-order valence-electron chi connectivity index (χ2n) is 1.94.